The van der Waals surface area contributed by atoms with Crippen molar-refractivity contribution in [2.45, 2.75) is 32.4 Å². The maximum absolute atomic E-state index is 3.74. The van der Waals surface area contributed by atoms with Crippen molar-refractivity contribution in [1.29, 1.82) is 0 Å². The van der Waals surface area contributed by atoms with Crippen molar-refractivity contribution in [3.63, 3.8) is 0 Å². The van der Waals surface area contributed by atoms with E-state index in [9.17, 15) is 0 Å². The third-order valence-electron chi connectivity index (χ3n) is 4.64. The lowest BCUT2D eigenvalue weighted by atomic mass is 9.86. The Morgan fingerprint density at radius 2 is 1.39 bits per heavy atom. The third kappa shape index (κ3) is 3.82. The second-order valence-electron chi connectivity index (χ2n) is 7.46. The van der Waals surface area contributed by atoms with Crippen LogP contribution < -0.4 is 5.32 Å². The molecule has 2 aromatic rings. The summed E-state index contributed by atoms with van der Waals surface area (Å²) in [5, 5.41) is 3.74. The SMILES string of the molecule is CC(C)CNC1(C)CN(C(c2ccccc2)c2ccccc2)C1. The fourth-order valence-electron chi connectivity index (χ4n) is 3.48. The average Bonchev–Trinajstić information content (AvgIpc) is 2.54. The zero-order chi connectivity index (χ0) is 16.3. The van der Waals surface area contributed by atoms with Crippen molar-refractivity contribution in [3.05, 3.63) is 71.8 Å². The zero-order valence-corrected chi connectivity index (χ0v) is 14.5. The van der Waals surface area contributed by atoms with Gasteiger partial charge < -0.3 is 5.32 Å². The molecule has 23 heavy (non-hydrogen) atoms. The lowest BCUT2D eigenvalue weighted by Gasteiger charge is -2.52. The van der Waals surface area contributed by atoms with Crippen molar-refractivity contribution in [3.8, 4) is 0 Å². The molecule has 3 rings (SSSR count). The van der Waals surface area contributed by atoms with Crippen molar-refractivity contribution in [2.75, 3.05) is 19.6 Å². The molecule has 2 aromatic carbocycles. The predicted molar refractivity (Wildman–Crippen MR) is 97.5 cm³/mol. The summed E-state index contributed by atoms with van der Waals surface area (Å²) in [5.74, 6) is 0.694. The molecule has 0 amide bonds. The number of benzene rings is 2. The van der Waals surface area contributed by atoms with Crippen LogP contribution in [0, 0.1) is 5.92 Å². The molecule has 0 radical (unpaired) electrons. The van der Waals surface area contributed by atoms with Gasteiger partial charge >= 0.3 is 0 Å². The van der Waals surface area contributed by atoms with Gasteiger partial charge in [-0.15, -0.1) is 0 Å². The summed E-state index contributed by atoms with van der Waals surface area (Å²) in [7, 11) is 0. The molecule has 1 aliphatic heterocycles. The highest BCUT2D eigenvalue weighted by Gasteiger charge is 2.42. The first kappa shape index (κ1) is 16.2. The van der Waals surface area contributed by atoms with Gasteiger partial charge in [-0.25, -0.2) is 0 Å². The second kappa shape index (κ2) is 6.86. The van der Waals surface area contributed by atoms with Crippen molar-refractivity contribution < 1.29 is 0 Å². The van der Waals surface area contributed by atoms with Gasteiger partial charge in [0.05, 0.1) is 6.04 Å². The van der Waals surface area contributed by atoms with Crippen molar-refractivity contribution >= 4 is 0 Å². The van der Waals surface area contributed by atoms with Crippen LogP contribution in [0.2, 0.25) is 0 Å². The monoisotopic (exact) mass is 308 g/mol. The summed E-state index contributed by atoms with van der Waals surface area (Å²) in [6, 6.07) is 22.1. The average molecular weight is 308 g/mol. The van der Waals surface area contributed by atoms with Crippen LogP contribution in [0.1, 0.15) is 37.9 Å². The number of nitrogens with one attached hydrogen (secondary N) is 1. The number of likely N-dealkylation sites (tertiary alicyclic amines) is 1. The summed E-state index contributed by atoms with van der Waals surface area (Å²) in [5.41, 5.74) is 3.00. The van der Waals surface area contributed by atoms with E-state index in [2.05, 4.69) is 91.7 Å². The molecule has 1 N–H and O–H groups in total. The molecule has 1 aliphatic rings. The molecule has 0 spiro atoms. The maximum atomic E-state index is 3.74. The van der Waals surface area contributed by atoms with E-state index in [1.165, 1.54) is 11.1 Å². The highest BCUT2D eigenvalue weighted by atomic mass is 15.3. The van der Waals surface area contributed by atoms with Crippen LogP contribution in [0.15, 0.2) is 60.7 Å². The molecule has 0 unspecified atom stereocenters. The quantitative estimate of drug-likeness (QED) is 0.864. The van der Waals surface area contributed by atoms with Gasteiger partial charge in [0.15, 0.2) is 0 Å². The molecule has 0 aromatic heterocycles. The first-order valence-corrected chi connectivity index (χ1v) is 8.66. The third-order valence-corrected chi connectivity index (χ3v) is 4.64. The van der Waals surface area contributed by atoms with Gasteiger partial charge in [-0.2, -0.15) is 0 Å². The van der Waals surface area contributed by atoms with Crippen molar-refractivity contribution in [2.24, 2.45) is 5.92 Å². The van der Waals surface area contributed by atoms with Crippen LogP contribution in [0.3, 0.4) is 0 Å². The van der Waals surface area contributed by atoms with E-state index in [4.69, 9.17) is 0 Å². The minimum absolute atomic E-state index is 0.242. The molecule has 1 fully saturated rings. The highest BCUT2D eigenvalue weighted by molar-refractivity contribution is 5.33. The van der Waals surface area contributed by atoms with Gasteiger partial charge in [-0.3, -0.25) is 4.90 Å². The Bertz CT molecular complexity index is 561. The van der Waals surface area contributed by atoms with Crippen LogP contribution in [0.5, 0.6) is 0 Å². The molecule has 1 heterocycles. The van der Waals surface area contributed by atoms with E-state index in [1.54, 1.807) is 0 Å². The topological polar surface area (TPSA) is 15.3 Å². The van der Waals surface area contributed by atoms with Crippen molar-refractivity contribution in [1.82, 2.24) is 10.2 Å². The van der Waals surface area contributed by atoms with Gasteiger partial charge in [0.2, 0.25) is 0 Å². The molecule has 0 bridgehead atoms. The van der Waals surface area contributed by atoms with E-state index in [1.807, 2.05) is 0 Å². The lowest BCUT2D eigenvalue weighted by molar-refractivity contribution is 0.0270. The molecule has 2 nitrogen and oxygen atoms in total. The van der Waals surface area contributed by atoms with Crippen LogP contribution in [-0.2, 0) is 0 Å². The standard InChI is InChI=1S/C21H28N2/c1-17(2)14-22-21(3)15-23(16-21)20(18-10-6-4-7-11-18)19-12-8-5-9-13-19/h4-13,17,20,22H,14-16H2,1-3H3. The predicted octanol–water partition coefficient (Wildman–Crippen LogP) is 4.10. The molecule has 0 aliphatic carbocycles. The highest BCUT2D eigenvalue weighted by Crippen LogP contribution is 2.35. The Balaban J connectivity index is 1.77. The number of hydrogen-bond donors (Lipinski definition) is 1. The zero-order valence-electron chi connectivity index (χ0n) is 14.5. The molecule has 0 saturated carbocycles. The Kier molecular flexibility index (Phi) is 4.84. The number of rotatable bonds is 6. The summed E-state index contributed by atoms with van der Waals surface area (Å²) >= 11 is 0. The van der Waals surface area contributed by atoms with Gasteiger partial charge in [-0.05, 0) is 30.5 Å². The first-order chi connectivity index (χ1) is 11.1. The Morgan fingerprint density at radius 1 is 0.913 bits per heavy atom. The molecule has 122 valence electrons. The van der Waals surface area contributed by atoms with Crippen LogP contribution in [0.25, 0.3) is 0 Å². The summed E-state index contributed by atoms with van der Waals surface area (Å²) in [4.78, 5) is 2.58. The smallest absolute Gasteiger partial charge is 0.0603 e. The summed E-state index contributed by atoms with van der Waals surface area (Å²) < 4.78 is 0. The molecular weight excluding hydrogens is 280 g/mol. The molecule has 1 saturated heterocycles. The van der Waals surface area contributed by atoms with Gasteiger partial charge in [0, 0.05) is 18.6 Å². The van der Waals surface area contributed by atoms with Gasteiger partial charge in [0.25, 0.3) is 0 Å². The van der Waals surface area contributed by atoms with Crippen LogP contribution in [0.4, 0.5) is 0 Å². The van der Waals surface area contributed by atoms with Gasteiger partial charge in [0.1, 0.15) is 0 Å². The van der Waals surface area contributed by atoms with E-state index in [0.29, 0.717) is 12.0 Å². The molecule has 0 atom stereocenters. The largest absolute Gasteiger partial charge is 0.309 e. The second-order valence-corrected chi connectivity index (χ2v) is 7.46. The van der Waals surface area contributed by atoms with E-state index < -0.39 is 0 Å². The van der Waals surface area contributed by atoms with Crippen LogP contribution in [-0.4, -0.2) is 30.1 Å². The maximum Gasteiger partial charge on any atom is 0.0603 e. The lowest BCUT2D eigenvalue weighted by Crippen LogP contribution is -2.68. The Hall–Kier alpha value is -1.64. The fraction of sp³-hybridized carbons (Fsp3) is 0.429. The number of hydrogen-bond acceptors (Lipinski definition) is 2. The number of nitrogens with zero attached hydrogens (tertiary/aromatic N) is 1. The minimum atomic E-state index is 0.242. The van der Waals surface area contributed by atoms with E-state index in [-0.39, 0.29) is 5.54 Å². The first-order valence-electron chi connectivity index (χ1n) is 8.66. The van der Waals surface area contributed by atoms with E-state index >= 15 is 0 Å². The Labute approximate surface area is 140 Å². The summed E-state index contributed by atoms with van der Waals surface area (Å²) in [6.07, 6.45) is 0. The molecular formula is C21H28N2. The minimum Gasteiger partial charge on any atom is -0.309 e. The fourth-order valence-corrected chi connectivity index (χ4v) is 3.48. The summed E-state index contributed by atoms with van der Waals surface area (Å²) in [6.45, 7) is 10.2. The van der Waals surface area contributed by atoms with Crippen LogP contribution >= 0.6 is 0 Å². The van der Waals surface area contributed by atoms with Gasteiger partial charge in [-0.1, -0.05) is 74.5 Å². The normalized spacial score (nSPS) is 17.4. The Morgan fingerprint density at radius 3 is 1.83 bits per heavy atom. The van der Waals surface area contributed by atoms with E-state index in [0.717, 1.165) is 19.6 Å². The molecule has 2 heteroatoms.